The van der Waals surface area contributed by atoms with E-state index in [4.69, 9.17) is 18.5 Å². The van der Waals surface area contributed by atoms with Crippen molar-refractivity contribution in [2.24, 2.45) is 0 Å². The highest BCUT2D eigenvalue weighted by atomic mass is 31.2. The largest absolute Gasteiger partial charge is 0.756 e. The van der Waals surface area contributed by atoms with Gasteiger partial charge >= 0.3 is 11.9 Å². The second kappa shape index (κ2) is 36.4. The normalized spacial score (nSPS) is 13.7. The Labute approximate surface area is 326 Å². The van der Waals surface area contributed by atoms with Crippen molar-refractivity contribution in [3.63, 3.8) is 0 Å². The van der Waals surface area contributed by atoms with E-state index in [-0.39, 0.29) is 32.0 Å². The molecule has 0 radical (unpaired) electrons. The predicted molar refractivity (Wildman–Crippen MR) is 218 cm³/mol. The Morgan fingerprint density at radius 3 is 1.40 bits per heavy atom. The number of carbonyl (C=O) groups excluding carboxylic acids is 2. The van der Waals surface area contributed by atoms with Crippen LogP contribution in [0.15, 0.2) is 12.2 Å². The molecule has 0 amide bonds. The Kier molecular flexibility index (Phi) is 35.5. The van der Waals surface area contributed by atoms with E-state index in [1.54, 1.807) is 0 Å². The van der Waals surface area contributed by atoms with Crippen molar-refractivity contribution >= 4 is 19.8 Å². The van der Waals surface area contributed by atoms with Crippen LogP contribution < -0.4 is 4.89 Å². The van der Waals surface area contributed by atoms with Crippen molar-refractivity contribution in [1.29, 1.82) is 0 Å². The molecule has 0 fully saturated rings. The summed E-state index contributed by atoms with van der Waals surface area (Å²) in [4.78, 5) is 37.5. The molecule has 0 bridgehead atoms. The molecule has 0 aromatic rings. The summed E-state index contributed by atoms with van der Waals surface area (Å²) in [7, 11) is 1.17. The first-order valence-corrected chi connectivity index (χ1v) is 23.4. The van der Waals surface area contributed by atoms with Crippen molar-refractivity contribution < 1.29 is 42.1 Å². The van der Waals surface area contributed by atoms with E-state index in [1.165, 1.54) is 116 Å². The van der Waals surface area contributed by atoms with Gasteiger partial charge in [0.1, 0.15) is 19.8 Å². The van der Waals surface area contributed by atoms with Crippen molar-refractivity contribution in [2.75, 3.05) is 47.5 Å². The van der Waals surface area contributed by atoms with Gasteiger partial charge < -0.3 is 27.9 Å². The van der Waals surface area contributed by atoms with Gasteiger partial charge in [-0.2, -0.15) is 0 Å². The Morgan fingerprint density at radius 1 is 0.566 bits per heavy atom. The minimum Gasteiger partial charge on any atom is -0.756 e. The first-order chi connectivity index (χ1) is 25.5. The van der Waals surface area contributed by atoms with E-state index in [0.29, 0.717) is 17.4 Å². The highest BCUT2D eigenvalue weighted by molar-refractivity contribution is 7.45. The molecular weight excluding hydrogens is 689 g/mol. The third-order valence-corrected chi connectivity index (χ3v) is 10.5. The third-order valence-electron chi connectivity index (χ3n) is 9.54. The van der Waals surface area contributed by atoms with E-state index in [2.05, 4.69) is 26.0 Å². The number of allylic oxidation sites excluding steroid dienone is 2. The highest BCUT2D eigenvalue weighted by Crippen LogP contribution is 2.38. The van der Waals surface area contributed by atoms with Crippen molar-refractivity contribution in [1.82, 2.24) is 0 Å². The maximum atomic E-state index is 12.6. The van der Waals surface area contributed by atoms with Crippen LogP contribution in [-0.2, 0) is 32.7 Å². The van der Waals surface area contributed by atoms with Crippen LogP contribution in [0.25, 0.3) is 0 Å². The molecule has 0 saturated carbocycles. The number of phosphoric ester groups is 1. The number of hydrogen-bond acceptors (Lipinski definition) is 8. The molecule has 0 aromatic heterocycles. The lowest BCUT2D eigenvalue weighted by Crippen LogP contribution is -2.37. The molecule has 9 nitrogen and oxygen atoms in total. The zero-order valence-corrected chi connectivity index (χ0v) is 36.1. The van der Waals surface area contributed by atoms with E-state index in [9.17, 15) is 19.0 Å². The van der Waals surface area contributed by atoms with Crippen LogP contribution in [0.1, 0.15) is 200 Å². The van der Waals surface area contributed by atoms with Gasteiger partial charge in [0, 0.05) is 12.8 Å². The fraction of sp³-hybridized carbons (Fsp3) is 0.907. The average molecular weight is 774 g/mol. The maximum absolute atomic E-state index is 12.6. The van der Waals surface area contributed by atoms with Gasteiger partial charge in [-0.05, 0) is 38.5 Å². The fourth-order valence-electron chi connectivity index (χ4n) is 6.06. The number of rotatable bonds is 40. The molecule has 314 valence electrons. The topological polar surface area (TPSA) is 111 Å². The summed E-state index contributed by atoms with van der Waals surface area (Å²) in [5.74, 6) is -0.835. The number of unbranched alkanes of at least 4 members (excludes halogenated alkanes) is 24. The minimum absolute atomic E-state index is 0.0294. The summed E-state index contributed by atoms with van der Waals surface area (Å²) in [5, 5.41) is 0. The number of ether oxygens (including phenoxy) is 2. The van der Waals surface area contributed by atoms with Crippen LogP contribution in [0.4, 0.5) is 0 Å². The molecule has 2 unspecified atom stereocenters. The molecule has 0 spiro atoms. The lowest BCUT2D eigenvalue weighted by Gasteiger charge is -2.28. The van der Waals surface area contributed by atoms with Gasteiger partial charge in [0.2, 0.25) is 0 Å². The molecule has 0 aliphatic rings. The van der Waals surface area contributed by atoms with Crippen LogP contribution in [0, 0.1) is 0 Å². The molecule has 0 saturated heterocycles. The molecule has 0 aromatic carbocycles. The van der Waals surface area contributed by atoms with Crippen LogP contribution in [0.2, 0.25) is 0 Å². The van der Waals surface area contributed by atoms with Crippen LogP contribution in [0.5, 0.6) is 0 Å². The molecule has 0 N–H and O–H groups in total. The lowest BCUT2D eigenvalue weighted by atomic mass is 10.0. The highest BCUT2D eigenvalue weighted by Gasteiger charge is 2.21. The molecule has 53 heavy (non-hydrogen) atoms. The Bertz CT molecular complexity index is 922. The summed E-state index contributed by atoms with van der Waals surface area (Å²) in [6.45, 7) is 4.23. The second-order valence-corrected chi connectivity index (χ2v) is 17.5. The summed E-state index contributed by atoms with van der Waals surface area (Å²) in [6, 6.07) is 0. The summed E-state index contributed by atoms with van der Waals surface area (Å²) in [5.41, 5.74) is 0. The number of phosphoric acid groups is 1. The molecule has 10 heteroatoms. The van der Waals surface area contributed by atoms with E-state index >= 15 is 0 Å². The molecule has 0 aliphatic heterocycles. The minimum atomic E-state index is -4.62. The average Bonchev–Trinajstić information content (AvgIpc) is 3.10. The SMILES string of the molecule is CCCCCCC/C=C\CCCCCCCC(=O)OC(COC(=O)CCCCCCCCCCCCCCCCC)COP(=O)([O-])OCC[N+](C)(C)C. The number of carbonyl (C=O) groups is 2. The Morgan fingerprint density at radius 2 is 0.962 bits per heavy atom. The summed E-state index contributed by atoms with van der Waals surface area (Å²) in [6.07, 6.45) is 36.6. The van der Waals surface area contributed by atoms with E-state index in [1.807, 2.05) is 21.1 Å². The summed E-state index contributed by atoms with van der Waals surface area (Å²) < 4.78 is 33.9. The Hall–Kier alpha value is -1.25. The lowest BCUT2D eigenvalue weighted by molar-refractivity contribution is -0.870. The first kappa shape index (κ1) is 51.8. The van der Waals surface area contributed by atoms with Gasteiger partial charge in [0.15, 0.2) is 6.10 Å². The monoisotopic (exact) mass is 774 g/mol. The number of quaternary nitrogens is 1. The number of nitrogens with zero attached hydrogens (tertiary/aromatic N) is 1. The standard InChI is InChI=1S/C43H84NO8P/c1-6-8-10-12-14-16-18-20-22-24-25-27-29-31-33-35-42(45)49-39-41(40-51-53(47,48)50-38-37-44(3,4)5)52-43(46)36-34-32-30-28-26-23-21-19-17-15-13-11-9-7-2/h19,21,41H,6-18,20,22-40H2,1-5H3/b21-19-. The smallest absolute Gasteiger partial charge is 0.306 e. The second-order valence-electron chi connectivity index (χ2n) is 16.1. The van der Waals surface area contributed by atoms with Gasteiger partial charge in [-0.1, -0.05) is 161 Å². The predicted octanol–water partition coefficient (Wildman–Crippen LogP) is 11.6. The molecular formula is C43H84NO8P. The Balaban J connectivity index is 4.35. The zero-order valence-electron chi connectivity index (χ0n) is 35.2. The summed E-state index contributed by atoms with van der Waals surface area (Å²) >= 11 is 0. The van der Waals surface area contributed by atoms with Gasteiger partial charge in [-0.15, -0.1) is 0 Å². The van der Waals surface area contributed by atoms with Crippen molar-refractivity contribution in [3.8, 4) is 0 Å². The number of esters is 2. The quantitative estimate of drug-likeness (QED) is 0.0199. The van der Waals surface area contributed by atoms with E-state index < -0.39 is 26.5 Å². The van der Waals surface area contributed by atoms with Crippen LogP contribution in [0.3, 0.4) is 0 Å². The van der Waals surface area contributed by atoms with Crippen LogP contribution in [-0.4, -0.2) is 70.0 Å². The maximum Gasteiger partial charge on any atom is 0.306 e. The van der Waals surface area contributed by atoms with Gasteiger partial charge in [-0.25, -0.2) is 0 Å². The first-order valence-electron chi connectivity index (χ1n) is 21.9. The van der Waals surface area contributed by atoms with E-state index in [0.717, 1.165) is 51.4 Å². The number of likely N-dealkylation sites (N-methyl/N-ethyl adjacent to an activating group) is 1. The van der Waals surface area contributed by atoms with Crippen molar-refractivity contribution in [3.05, 3.63) is 12.2 Å². The molecule has 0 rings (SSSR count). The number of hydrogen-bond donors (Lipinski definition) is 0. The molecule has 2 atom stereocenters. The third kappa shape index (κ3) is 40.2. The van der Waals surface area contributed by atoms with Crippen molar-refractivity contribution in [2.45, 2.75) is 206 Å². The molecule has 0 aliphatic carbocycles. The van der Waals surface area contributed by atoms with Crippen LogP contribution >= 0.6 is 7.82 Å². The zero-order chi connectivity index (χ0) is 39.3. The molecule has 0 heterocycles. The van der Waals surface area contributed by atoms with Gasteiger partial charge in [-0.3, -0.25) is 14.2 Å². The van der Waals surface area contributed by atoms with Gasteiger partial charge in [0.25, 0.3) is 7.82 Å². The van der Waals surface area contributed by atoms with Gasteiger partial charge in [0.05, 0.1) is 27.7 Å². The fourth-order valence-corrected chi connectivity index (χ4v) is 6.79.